The number of hydrogen-bond donors (Lipinski definition) is 0. The second kappa shape index (κ2) is 4.97. The van der Waals surface area contributed by atoms with Gasteiger partial charge in [0.15, 0.2) is 0 Å². The fourth-order valence-electron chi connectivity index (χ4n) is 1.37. The molecule has 0 N–H and O–H groups in total. The lowest BCUT2D eigenvalue weighted by molar-refractivity contribution is 0.630. The van der Waals surface area contributed by atoms with Gasteiger partial charge in [-0.25, -0.2) is 0 Å². The molecular formula is C12H18. The molecule has 0 nitrogen and oxygen atoms in total. The maximum atomic E-state index is 2.32. The molecule has 0 saturated carbocycles. The lowest BCUT2D eigenvalue weighted by Gasteiger charge is -2.11. The van der Waals surface area contributed by atoms with E-state index < -0.39 is 0 Å². The van der Waals surface area contributed by atoms with E-state index in [1.54, 1.807) is 0 Å². The molecule has 0 radical (unpaired) electrons. The molecule has 0 aromatic carbocycles. The van der Waals surface area contributed by atoms with Gasteiger partial charge in [-0.05, 0) is 39.0 Å². The topological polar surface area (TPSA) is 0 Å². The van der Waals surface area contributed by atoms with Gasteiger partial charge in [0.05, 0.1) is 0 Å². The number of rotatable bonds is 2. The van der Waals surface area contributed by atoms with E-state index in [-0.39, 0.29) is 0 Å². The van der Waals surface area contributed by atoms with Crippen molar-refractivity contribution in [1.82, 2.24) is 0 Å². The molecule has 12 heavy (non-hydrogen) atoms. The maximum absolute atomic E-state index is 2.32. The van der Waals surface area contributed by atoms with Crippen molar-refractivity contribution in [1.29, 1.82) is 0 Å². The van der Waals surface area contributed by atoms with Crippen LogP contribution in [0.3, 0.4) is 0 Å². The van der Waals surface area contributed by atoms with Gasteiger partial charge in [0.1, 0.15) is 0 Å². The Balaban J connectivity index is 2.44. The van der Waals surface area contributed by atoms with E-state index in [9.17, 15) is 0 Å². The molecule has 1 aliphatic carbocycles. The zero-order valence-electron chi connectivity index (χ0n) is 8.09. The first kappa shape index (κ1) is 9.31. The molecule has 66 valence electrons. The van der Waals surface area contributed by atoms with Crippen LogP contribution in [-0.2, 0) is 0 Å². The summed E-state index contributed by atoms with van der Waals surface area (Å²) in [5.74, 6) is 0.689. The molecule has 0 spiro atoms. The van der Waals surface area contributed by atoms with E-state index in [1.165, 1.54) is 24.8 Å². The van der Waals surface area contributed by atoms with Crippen molar-refractivity contribution in [2.45, 2.75) is 33.1 Å². The summed E-state index contributed by atoms with van der Waals surface area (Å²) in [7, 11) is 0. The third-order valence-electron chi connectivity index (χ3n) is 2.35. The van der Waals surface area contributed by atoms with E-state index in [0.29, 0.717) is 5.92 Å². The van der Waals surface area contributed by atoms with Crippen LogP contribution in [-0.4, -0.2) is 0 Å². The van der Waals surface area contributed by atoms with Crippen molar-refractivity contribution in [2.24, 2.45) is 5.92 Å². The fourth-order valence-corrected chi connectivity index (χ4v) is 1.37. The molecular weight excluding hydrogens is 144 g/mol. The Morgan fingerprint density at radius 3 is 2.92 bits per heavy atom. The Morgan fingerprint density at radius 1 is 1.50 bits per heavy atom. The standard InChI is InChI=1S/C12H18/c1-3-11(2)9-10-12-7-5-4-6-8-12/h3,5,7,9-10,12H,4,6,8H2,1-2H3. The quantitative estimate of drug-likeness (QED) is 0.427. The number of hydrogen-bond acceptors (Lipinski definition) is 0. The third-order valence-corrected chi connectivity index (χ3v) is 2.35. The average molecular weight is 162 g/mol. The van der Waals surface area contributed by atoms with Crippen LogP contribution >= 0.6 is 0 Å². The van der Waals surface area contributed by atoms with Gasteiger partial charge < -0.3 is 0 Å². The van der Waals surface area contributed by atoms with Crippen molar-refractivity contribution >= 4 is 0 Å². The molecule has 0 heteroatoms. The second-order valence-corrected chi connectivity index (χ2v) is 3.41. The van der Waals surface area contributed by atoms with E-state index in [2.05, 4.69) is 44.2 Å². The van der Waals surface area contributed by atoms with Gasteiger partial charge in [-0.1, -0.05) is 36.0 Å². The normalized spacial score (nSPS) is 25.2. The second-order valence-electron chi connectivity index (χ2n) is 3.41. The summed E-state index contributed by atoms with van der Waals surface area (Å²) in [4.78, 5) is 0. The Morgan fingerprint density at radius 2 is 2.33 bits per heavy atom. The van der Waals surface area contributed by atoms with Crippen LogP contribution in [0.2, 0.25) is 0 Å². The first-order chi connectivity index (χ1) is 5.83. The van der Waals surface area contributed by atoms with Crippen LogP contribution in [0.15, 0.2) is 36.0 Å². The summed E-state index contributed by atoms with van der Waals surface area (Å²) < 4.78 is 0. The molecule has 0 amide bonds. The molecule has 0 bridgehead atoms. The van der Waals surface area contributed by atoms with Crippen LogP contribution in [0, 0.1) is 5.92 Å². The molecule has 1 rings (SSSR count). The lowest BCUT2D eigenvalue weighted by atomic mass is 9.95. The van der Waals surface area contributed by atoms with Crippen molar-refractivity contribution in [3.63, 3.8) is 0 Å². The van der Waals surface area contributed by atoms with Crippen LogP contribution in [0.4, 0.5) is 0 Å². The minimum absolute atomic E-state index is 0.689. The van der Waals surface area contributed by atoms with Gasteiger partial charge in [0.25, 0.3) is 0 Å². The zero-order valence-corrected chi connectivity index (χ0v) is 8.09. The van der Waals surface area contributed by atoms with Crippen LogP contribution in [0.25, 0.3) is 0 Å². The predicted molar refractivity (Wildman–Crippen MR) is 55.1 cm³/mol. The van der Waals surface area contributed by atoms with E-state index >= 15 is 0 Å². The van der Waals surface area contributed by atoms with Gasteiger partial charge in [0, 0.05) is 0 Å². The summed E-state index contributed by atoms with van der Waals surface area (Å²) in [5.41, 5.74) is 1.36. The smallest absolute Gasteiger partial charge is 0.00502 e. The molecule has 0 aliphatic heterocycles. The van der Waals surface area contributed by atoms with Crippen molar-refractivity contribution in [3.8, 4) is 0 Å². The molecule has 0 saturated heterocycles. The molecule has 0 fully saturated rings. The lowest BCUT2D eigenvalue weighted by Crippen LogP contribution is -1.96. The number of allylic oxidation sites excluding steroid dienone is 6. The molecule has 1 unspecified atom stereocenters. The highest BCUT2D eigenvalue weighted by Gasteiger charge is 2.02. The van der Waals surface area contributed by atoms with Crippen molar-refractivity contribution < 1.29 is 0 Å². The highest BCUT2D eigenvalue weighted by Crippen LogP contribution is 2.18. The van der Waals surface area contributed by atoms with E-state index in [4.69, 9.17) is 0 Å². The van der Waals surface area contributed by atoms with Gasteiger partial charge in [-0.3, -0.25) is 0 Å². The monoisotopic (exact) mass is 162 g/mol. The maximum Gasteiger partial charge on any atom is -0.00502 e. The minimum Gasteiger partial charge on any atom is -0.0879 e. The molecule has 0 heterocycles. The molecule has 0 aromatic heterocycles. The Labute approximate surface area is 75.7 Å². The summed E-state index contributed by atoms with van der Waals surface area (Å²) >= 11 is 0. The minimum atomic E-state index is 0.689. The van der Waals surface area contributed by atoms with Gasteiger partial charge in [-0.2, -0.15) is 0 Å². The van der Waals surface area contributed by atoms with Crippen LogP contribution in [0.5, 0.6) is 0 Å². The van der Waals surface area contributed by atoms with E-state index in [1.807, 2.05) is 0 Å². The summed E-state index contributed by atoms with van der Waals surface area (Å²) in [6.07, 6.45) is 15.2. The fraction of sp³-hybridized carbons (Fsp3) is 0.500. The Hall–Kier alpha value is -0.780. The molecule has 1 atom stereocenters. The third kappa shape index (κ3) is 3.08. The molecule has 1 aliphatic rings. The van der Waals surface area contributed by atoms with E-state index in [0.717, 1.165) is 0 Å². The van der Waals surface area contributed by atoms with Crippen molar-refractivity contribution in [2.75, 3.05) is 0 Å². The molecule has 0 aromatic rings. The van der Waals surface area contributed by atoms with Gasteiger partial charge >= 0.3 is 0 Å². The predicted octanol–water partition coefficient (Wildman–Crippen LogP) is 3.87. The highest BCUT2D eigenvalue weighted by atomic mass is 14.1. The average Bonchev–Trinajstić information content (AvgIpc) is 2.16. The van der Waals surface area contributed by atoms with Gasteiger partial charge in [0.2, 0.25) is 0 Å². The van der Waals surface area contributed by atoms with Crippen LogP contribution in [0.1, 0.15) is 33.1 Å². The summed E-state index contributed by atoms with van der Waals surface area (Å²) in [5, 5.41) is 0. The Kier molecular flexibility index (Phi) is 3.86. The zero-order chi connectivity index (χ0) is 8.81. The van der Waals surface area contributed by atoms with Crippen molar-refractivity contribution in [3.05, 3.63) is 36.0 Å². The summed E-state index contributed by atoms with van der Waals surface area (Å²) in [6, 6.07) is 0. The largest absolute Gasteiger partial charge is 0.0879 e. The Bertz CT molecular complexity index is 206. The highest BCUT2D eigenvalue weighted by molar-refractivity contribution is 5.17. The van der Waals surface area contributed by atoms with Crippen LogP contribution < -0.4 is 0 Å². The first-order valence-electron chi connectivity index (χ1n) is 4.80. The first-order valence-corrected chi connectivity index (χ1v) is 4.80. The SMILES string of the molecule is CC=C(C)C=CC1C=CCCC1. The summed E-state index contributed by atoms with van der Waals surface area (Å²) in [6.45, 7) is 4.22. The van der Waals surface area contributed by atoms with Gasteiger partial charge in [-0.15, -0.1) is 0 Å².